The monoisotopic (exact) mass is 356 g/mol. The Morgan fingerprint density at radius 3 is 2.59 bits per heavy atom. The van der Waals surface area contributed by atoms with Crippen LogP contribution in [-0.4, -0.2) is 24.0 Å². The Labute approximate surface area is 154 Å². The molecular weight excluding hydrogens is 340 g/mol. The number of hydrogen-bond donors (Lipinski definition) is 1. The summed E-state index contributed by atoms with van der Waals surface area (Å²) in [5.74, 6) is 0.105. The smallest absolute Gasteiger partial charge is 0.264 e. The maximum absolute atomic E-state index is 13.4. The molecule has 1 N–H and O–H groups in total. The first kappa shape index (κ1) is 15.6. The quantitative estimate of drug-likeness (QED) is 0.526. The van der Waals surface area contributed by atoms with Crippen molar-refractivity contribution in [2.24, 2.45) is 0 Å². The van der Waals surface area contributed by atoms with Gasteiger partial charge < -0.3 is 5.11 Å². The number of nitrogens with zero attached hydrogens (tertiary/aromatic N) is 4. The van der Waals surface area contributed by atoms with Crippen molar-refractivity contribution in [3.05, 3.63) is 77.0 Å². The average molecular weight is 356 g/mol. The van der Waals surface area contributed by atoms with Crippen LogP contribution in [0.15, 0.2) is 65.7 Å². The van der Waals surface area contributed by atoms with Crippen molar-refractivity contribution in [3.8, 4) is 11.4 Å². The molecule has 0 aliphatic rings. The highest BCUT2D eigenvalue weighted by molar-refractivity contribution is 6.04. The molecule has 0 saturated carbocycles. The van der Waals surface area contributed by atoms with Crippen molar-refractivity contribution in [2.45, 2.75) is 13.3 Å². The van der Waals surface area contributed by atoms with E-state index in [0.29, 0.717) is 27.9 Å². The second kappa shape index (κ2) is 5.67. The van der Waals surface area contributed by atoms with Crippen LogP contribution in [0.3, 0.4) is 0 Å². The minimum Gasteiger partial charge on any atom is -0.506 e. The van der Waals surface area contributed by atoms with Crippen LogP contribution >= 0.6 is 0 Å². The van der Waals surface area contributed by atoms with Gasteiger partial charge in [0.05, 0.1) is 18.1 Å². The lowest BCUT2D eigenvalue weighted by Gasteiger charge is -2.11. The summed E-state index contributed by atoms with van der Waals surface area (Å²) in [6, 6.07) is 14.6. The predicted molar refractivity (Wildman–Crippen MR) is 105 cm³/mol. The lowest BCUT2D eigenvalue weighted by molar-refractivity contribution is 0.472. The van der Waals surface area contributed by atoms with E-state index < -0.39 is 0 Å². The van der Waals surface area contributed by atoms with Crippen LogP contribution in [0.25, 0.3) is 33.3 Å². The fourth-order valence-electron chi connectivity index (χ4n) is 3.51. The van der Waals surface area contributed by atoms with Gasteiger partial charge in [-0.25, -0.2) is 4.98 Å². The third kappa shape index (κ3) is 2.23. The standard InChI is InChI=1S/C21H16N4O2/c1-2-13-7-8-14(11-22-13)25-20-19(16-5-3-4-6-17(16)21(25)27)23-18-10-9-15(26)12-24(18)20/h3-12,26H,2H2,1H3. The maximum Gasteiger partial charge on any atom is 0.264 e. The minimum atomic E-state index is -0.144. The fraction of sp³-hybridized carbons (Fsp3) is 0.0952. The number of fused-ring (bicyclic) bond motifs is 5. The second-order valence-corrected chi connectivity index (χ2v) is 6.45. The minimum absolute atomic E-state index is 0.105. The lowest BCUT2D eigenvalue weighted by atomic mass is 10.1. The molecule has 0 aliphatic heterocycles. The summed E-state index contributed by atoms with van der Waals surface area (Å²) in [7, 11) is 0. The molecule has 27 heavy (non-hydrogen) atoms. The van der Waals surface area contributed by atoms with Gasteiger partial charge in [-0.15, -0.1) is 0 Å². The van der Waals surface area contributed by atoms with Crippen LogP contribution in [0.5, 0.6) is 5.75 Å². The highest BCUT2D eigenvalue weighted by atomic mass is 16.3. The number of aromatic nitrogens is 4. The second-order valence-electron chi connectivity index (χ2n) is 6.45. The first-order chi connectivity index (χ1) is 13.2. The van der Waals surface area contributed by atoms with E-state index in [-0.39, 0.29) is 11.3 Å². The largest absolute Gasteiger partial charge is 0.506 e. The molecule has 0 atom stereocenters. The van der Waals surface area contributed by atoms with Gasteiger partial charge in [0.1, 0.15) is 16.9 Å². The fourth-order valence-corrected chi connectivity index (χ4v) is 3.51. The summed E-state index contributed by atoms with van der Waals surface area (Å²) in [5, 5.41) is 11.4. The van der Waals surface area contributed by atoms with E-state index in [9.17, 15) is 9.90 Å². The number of pyridine rings is 3. The van der Waals surface area contributed by atoms with Gasteiger partial charge >= 0.3 is 0 Å². The number of rotatable bonds is 2. The van der Waals surface area contributed by atoms with Gasteiger partial charge in [-0.05, 0) is 36.8 Å². The van der Waals surface area contributed by atoms with Crippen molar-refractivity contribution in [1.82, 2.24) is 18.9 Å². The van der Waals surface area contributed by atoms with Gasteiger partial charge in [0.2, 0.25) is 0 Å². The summed E-state index contributed by atoms with van der Waals surface area (Å²) in [5.41, 5.74) is 3.45. The summed E-state index contributed by atoms with van der Waals surface area (Å²) < 4.78 is 3.36. The van der Waals surface area contributed by atoms with Crippen molar-refractivity contribution < 1.29 is 5.11 Å². The zero-order chi connectivity index (χ0) is 18.5. The summed E-state index contributed by atoms with van der Waals surface area (Å²) in [6.07, 6.45) is 4.10. The maximum atomic E-state index is 13.4. The SMILES string of the molecule is CCc1ccc(-n2c(=O)c3ccccc3c3nc4ccc(O)cn4c32)cn1. The van der Waals surface area contributed by atoms with E-state index in [1.165, 1.54) is 0 Å². The van der Waals surface area contributed by atoms with Crippen LogP contribution in [0.4, 0.5) is 0 Å². The number of aromatic hydroxyl groups is 1. The van der Waals surface area contributed by atoms with Gasteiger partial charge in [-0.2, -0.15) is 0 Å². The van der Waals surface area contributed by atoms with Gasteiger partial charge in [-0.3, -0.25) is 18.7 Å². The molecule has 0 saturated heterocycles. The van der Waals surface area contributed by atoms with Gasteiger partial charge in [0, 0.05) is 16.5 Å². The zero-order valence-electron chi connectivity index (χ0n) is 14.6. The molecular formula is C21H16N4O2. The molecule has 5 aromatic rings. The van der Waals surface area contributed by atoms with Crippen LogP contribution in [-0.2, 0) is 6.42 Å². The Morgan fingerprint density at radius 1 is 1.04 bits per heavy atom. The summed E-state index contributed by atoms with van der Waals surface area (Å²) >= 11 is 0. The van der Waals surface area contributed by atoms with Crippen LogP contribution in [0, 0.1) is 0 Å². The molecule has 0 amide bonds. The van der Waals surface area contributed by atoms with Gasteiger partial charge in [-0.1, -0.05) is 25.1 Å². The molecule has 1 aromatic carbocycles. The number of hydrogen-bond acceptors (Lipinski definition) is 4. The predicted octanol–water partition coefficient (Wildman–Crippen LogP) is 3.45. The molecule has 4 heterocycles. The van der Waals surface area contributed by atoms with Crippen LogP contribution < -0.4 is 5.56 Å². The molecule has 0 radical (unpaired) electrons. The molecule has 5 rings (SSSR count). The van der Waals surface area contributed by atoms with E-state index >= 15 is 0 Å². The summed E-state index contributed by atoms with van der Waals surface area (Å²) in [4.78, 5) is 22.5. The van der Waals surface area contributed by atoms with Gasteiger partial charge in [0.15, 0.2) is 5.65 Å². The Kier molecular flexibility index (Phi) is 3.27. The zero-order valence-corrected chi connectivity index (χ0v) is 14.6. The normalized spacial score (nSPS) is 11.6. The average Bonchev–Trinajstić information content (AvgIpc) is 3.07. The number of benzene rings is 1. The number of aryl methyl sites for hydroxylation is 1. The molecule has 6 heteroatoms. The van der Waals surface area contributed by atoms with Crippen molar-refractivity contribution in [2.75, 3.05) is 0 Å². The Bertz CT molecular complexity index is 1380. The molecule has 0 bridgehead atoms. The van der Waals surface area contributed by atoms with E-state index in [4.69, 9.17) is 4.98 Å². The molecule has 0 spiro atoms. The molecule has 132 valence electrons. The van der Waals surface area contributed by atoms with Crippen molar-refractivity contribution in [1.29, 1.82) is 0 Å². The molecule has 0 unspecified atom stereocenters. The molecule has 4 aromatic heterocycles. The highest BCUT2D eigenvalue weighted by Crippen LogP contribution is 2.26. The summed E-state index contributed by atoms with van der Waals surface area (Å²) in [6.45, 7) is 2.04. The van der Waals surface area contributed by atoms with Crippen LogP contribution in [0.1, 0.15) is 12.6 Å². The third-order valence-corrected chi connectivity index (χ3v) is 4.83. The Morgan fingerprint density at radius 2 is 1.85 bits per heavy atom. The van der Waals surface area contributed by atoms with Crippen molar-refractivity contribution in [3.63, 3.8) is 0 Å². The highest BCUT2D eigenvalue weighted by Gasteiger charge is 2.17. The topological polar surface area (TPSA) is 72.4 Å². The van der Waals surface area contributed by atoms with Crippen LogP contribution in [0.2, 0.25) is 0 Å². The number of imidazole rings is 1. The first-order valence-corrected chi connectivity index (χ1v) is 8.77. The van der Waals surface area contributed by atoms with E-state index in [2.05, 4.69) is 4.98 Å². The van der Waals surface area contributed by atoms with E-state index in [1.807, 2.05) is 43.3 Å². The third-order valence-electron chi connectivity index (χ3n) is 4.83. The molecule has 0 fully saturated rings. The van der Waals surface area contributed by atoms with Gasteiger partial charge in [0.25, 0.3) is 5.56 Å². The Hall–Kier alpha value is -3.67. The molecule has 0 aliphatic carbocycles. The van der Waals surface area contributed by atoms with Crippen molar-refractivity contribution >= 4 is 27.6 Å². The lowest BCUT2D eigenvalue weighted by Crippen LogP contribution is -2.20. The van der Waals surface area contributed by atoms with E-state index in [0.717, 1.165) is 17.5 Å². The Balaban J connectivity index is 2.02. The first-order valence-electron chi connectivity index (χ1n) is 8.77. The molecule has 6 nitrogen and oxygen atoms in total. The van der Waals surface area contributed by atoms with E-state index in [1.54, 1.807) is 33.5 Å².